The van der Waals surface area contributed by atoms with Crippen LogP contribution in [0.1, 0.15) is 24.8 Å². The van der Waals surface area contributed by atoms with Crippen molar-refractivity contribution >= 4 is 33.4 Å². The third-order valence-corrected chi connectivity index (χ3v) is 4.24. The molecule has 1 saturated carbocycles. The highest BCUT2D eigenvalue weighted by Gasteiger charge is 2.41. The van der Waals surface area contributed by atoms with E-state index in [-0.39, 0.29) is 5.91 Å². The van der Waals surface area contributed by atoms with Crippen molar-refractivity contribution in [3.8, 4) is 0 Å². The number of benzene rings is 1. The molecule has 0 aromatic heterocycles. The van der Waals surface area contributed by atoms with Crippen molar-refractivity contribution in [1.29, 1.82) is 0 Å². The Bertz CT molecular complexity index is 414. The van der Waals surface area contributed by atoms with Crippen molar-refractivity contribution < 1.29 is 4.79 Å². The zero-order valence-electron chi connectivity index (χ0n) is 10.2. The normalized spacial score (nSPS) is 16.3. The Morgan fingerprint density at radius 1 is 1.33 bits per heavy atom. The smallest absolute Gasteiger partial charge is 0.224 e. The molecule has 0 aliphatic heterocycles. The minimum atomic E-state index is 0.0955. The van der Waals surface area contributed by atoms with Gasteiger partial charge in [-0.25, -0.2) is 0 Å². The molecule has 0 spiro atoms. The highest BCUT2D eigenvalue weighted by atomic mass is 79.9. The number of carbonyl (C=O) groups is 1. The summed E-state index contributed by atoms with van der Waals surface area (Å²) in [7, 11) is 0. The Hall–Kier alpha value is -0.540. The van der Waals surface area contributed by atoms with Crippen LogP contribution in [0.3, 0.4) is 0 Å². The average molecular weight is 331 g/mol. The summed E-state index contributed by atoms with van der Waals surface area (Å²) in [4.78, 5) is 11.8. The fraction of sp³-hybridized carbons (Fsp3) is 0.500. The molecule has 4 heteroatoms. The van der Waals surface area contributed by atoms with Crippen LogP contribution < -0.4 is 5.32 Å². The number of rotatable bonds is 6. The highest BCUT2D eigenvalue weighted by molar-refractivity contribution is 9.10. The molecule has 1 fully saturated rings. The van der Waals surface area contributed by atoms with Crippen LogP contribution in [-0.4, -0.2) is 18.3 Å². The summed E-state index contributed by atoms with van der Waals surface area (Å²) in [6, 6.07) is 7.85. The maximum atomic E-state index is 11.8. The van der Waals surface area contributed by atoms with Gasteiger partial charge in [0.15, 0.2) is 0 Å². The molecule has 18 heavy (non-hydrogen) atoms. The van der Waals surface area contributed by atoms with Crippen molar-refractivity contribution in [2.75, 3.05) is 12.4 Å². The second-order valence-electron chi connectivity index (χ2n) is 5.02. The molecule has 0 radical (unpaired) electrons. The van der Waals surface area contributed by atoms with Crippen LogP contribution in [0, 0.1) is 5.41 Å². The summed E-state index contributed by atoms with van der Waals surface area (Å²) in [5.74, 6) is 0.779. The van der Waals surface area contributed by atoms with Crippen molar-refractivity contribution in [1.82, 2.24) is 5.32 Å². The van der Waals surface area contributed by atoms with E-state index in [0.717, 1.165) is 23.0 Å². The van der Waals surface area contributed by atoms with Gasteiger partial charge in [0, 0.05) is 16.9 Å². The quantitative estimate of drug-likeness (QED) is 0.795. The molecule has 0 atom stereocenters. The van der Waals surface area contributed by atoms with Gasteiger partial charge in [0.2, 0.25) is 5.91 Å². The molecule has 1 amide bonds. The monoisotopic (exact) mass is 329 g/mol. The van der Waals surface area contributed by atoms with Gasteiger partial charge >= 0.3 is 0 Å². The number of hydrogen-bond acceptors (Lipinski definition) is 1. The number of amides is 1. The van der Waals surface area contributed by atoms with Gasteiger partial charge in [-0.15, -0.1) is 11.6 Å². The van der Waals surface area contributed by atoms with Crippen LogP contribution in [-0.2, 0) is 11.2 Å². The van der Waals surface area contributed by atoms with Gasteiger partial charge in [-0.05, 0) is 42.4 Å². The van der Waals surface area contributed by atoms with Gasteiger partial charge in [0.1, 0.15) is 0 Å². The van der Waals surface area contributed by atoms with E-state index in [1.807, 2.05) is 24.3 Å². The third-order valence-electron chi connectivity index (χ3n) is 3.52. The standard InChI is InChI=1S/C14H17BrClNO/c15-12-3-1-11(2-4-12)9-13(18)17-10-14(5-6-14)7-8-16/h1-4H,5-10H2,(H,17,18). The second kappa shape index (κ2) is 6.07. The van der Waals surface area contributed by atoms with E-state index in [1.165, 1.54) is 12.8 Å². The predicted octanol–water partition coefficient (Wildman–Crippen LogP) is 3.52. The van der Waals surface area contributed by atoms with Gasteiger partial charge in [-0.1, -0.05) is 28.1 Å². The minimum Gasteiger partial charge on any atom is -0.355 e. The molecule has 2 nitrogen and oxygen atoms in total. The van der Waals surface area contributed by atoms with E-state index in [2.05, 4.69) is 21.2 Å². The Labute approximate surface area is 121 Å². The lowest BCUT2D eigenvalue weighted by Crippen LogP contribution is -2.31. The minimum absolute atomic E-state index is 0.0955. The largest absolute Gasteiger partial charge is 0.355 e. The van der Waals surface area contributed by atoms with Crippen LogP contribution in [0.5, 0.6) is 0 Å². The van der Waals surface area contributed by atoms with Gasteiger partial charge in [-0.2, -0.15) is 0 Å². The lowest BCUT2D eigenvalue weighted by molar-refractivity contribution is -0.120. The first-order chi connectivity index (χ1) is 8.63. The molecule has 98 valence electrons. The number of carbonyl (C=O) groups excluding carboxylic acids is 1. The van der Waals surface area contributed by atoms with Crippen LogP contribution in [0.25, 0.3) is 0 Å². The maximum Gasteiger partial charge on any atom is 0.224 e. The second-order valence-corrected chi connectivity index (χ2v) is 6.31. The van der Waals surface area contributed by atoms with E-state index in [4.69, 9.17) is 11.6 Å². The molecular formula is C14H17BrClNO. The van der Waals surface area contributed by atoms with E-state index < -0.39 is 0 Å². The first-order valence-electron chi connectivity index (χ1n) is 6.21. The zero-order valence-corrected chi connectivity index (χ0v) is 12.6. The lowest BCUT2D eigenvalue weighted by atomic mass is 10.0. The molecule has 0 saturated heterocycles. The van der Waals surface area contributed by atoms with E-state index in [0.29, 0.717) is 17.7 Å². The SMILES string of the molecule is O=C(Cc1ccc(Br)cc1)NCC1(CCCl)CC1. The number of nitrogens with one attached hydrogen (secondary N) is 1. The molecule has 0 heterocycles. The van der Waals surface area contributed by atoms with Crippen molar-refractivity contribution in [2.45, 2.75) is 25.7 Å². The average Bonchev–Trinajstić information content (AvgIpc) is 3.11. The topological polar surface area (TPSA) is 29.1 Å². The summed E-state index contributed by atoms with van der Waals surface area (Å²) < 4.78 is 1.03. The fourth-order valence-electron chi connectivity index (χ4n) is 2.03. The van der Waals surface area contributed by atoms with Crippen molar-refractivity contribution in [3.05, 3.63) is 34.3 Å². The van der Waals surface area contributed by atoms with Gasteiger partial charge in [0.25, 0.3) is 0 Å². The molecule has 1 aromatic carbocycles. The number of alkyl halides is 1. The molecule has 0 bridgehead atoms. The maximum absolute atomic E-state index is 11.8. The predicted molar refractivity (Wildman–Crippen MR) is 77.9 cm³/mol. The zero-order chi connectivity index (χ0) is 13.0. The van der Waals surface area contributed by atoms with Crippen LogP contribution in [0.4, 0.5) is 0 Å². The van der Waals surface area contributed by atoms with Crippen LogP contribution in [0.2, 0.25) is 0 Å². The first-order valence-corrected chi connectivity index (χ1v) is 7.53. The van der Waals surface area contributed by atoms with Gasteiger partial charge < -0.3 is 5.32 Å². The van der Waals surface area contributed by atoms with Crippen LogP contribution in [0.15, 0.2) is 28.7 Å². The summed E-state index contributed by atoms with van der Waals surface area (Å²) >= 11 is 9.15. The first kappa shape index (κ1) is 13.9. The molecule has 1 aromatic rings. The van der Waals surface area contributed by atoms with Crippen molar-refractivity contribution in [2.24, 2.45) is 5.41 Å². The van der Waals surface area contributed by atoms with Gasteiger partial charge in [-0.3, -0.25) is 4.79 Å². The molecule has 2 rings (SSSR count). The summed E-state index contributed by atoms with van der Waals surface area (Å²) in [6.45, 7) is 0.773. The number of halogens is 2. The summed E-state index contributed by atoms with van der Waals surface area (Å²) in [5, 5.41) is 3.02. The lowest BCUT2D eigenvalue weighted by Gasteiger charge is -2.14. The molecule has 1 N–H and O–H groups in total. The Morgan fingerprint density at radius 3 is 2.56 bits per heavy atom. The number of hydrogen-bond donors (Lipinski definition) is 1. The summed E-state index contributed by atoms with van der Waals surface area (Å²) in [6.07, 6.45) is 3.84. The van der Waals surface area contributed by atoms with E-state index in [9.17, 15) is 4.79 Å². The van der Waals surface area contributed by atoms with Crippen LogP contribution >= 0.6 is 27.5 Å². The molecule has 1 aliphatic carbocycles. The van der Waals surface area contributed by atoms with Gasteiger partial charge in [0.05, 0.1) is 6.42 Å². The van der Waals surface area contributed by atoms with E-state index in [1.54, 1.807) is 0 Å². The molecule has 0 unspecified atom stereocenters. The Morgan fingerprint density at radius 2 is 2.00 bits per heavy atom. The fourth-order valence-corrected chi connectivity index (χ4v) is 2.69. The van der Waals surface area contributed by atoms with E-state index >= 15 is 0 Å². The van der Waals surface area contributed by atoms with Crippen molar-refractivity contribution in [3.63, 3.8) is 0 Å². The Kier molecular flexibility index (Phi) is 4.68. The third kappa shape index (κ3) is 3.99. The molecule has 1 aliphatic rings. The molecular weight excluding hydrogens is 314 g/mol. The Balaban J connectivity index is 1.77. The highest BCUT2D eigenvalue weighted by Crippen LogP contribution is 2.48. The summed E-state index contributed by atoms with van der Waals surface area (Å²) in [5.41, 5.74) is 1.34.